The summed E-state index contributed by atoms with van der Waals surface area (Å²) in [4.78, 5) is 4.76. The fraction of sp³-hybridized carbons (Fsp3) is 0.562. The molecule has 1 aliphatic heterocycles. The second-order valence-corrected chi connectivity index (χ2v) is 5.94. The van der Waals surface area contributed by atoms with Crippen LogP contribution >= 0.6 is 0 Å². The summed E-state index contributed by atoms with van der Waals surface area (Å²) in [6.07, 6.45) is 2.48. The number of ether oxygens (including phenoxy) is 1. The molecule has 0 aromatic heterocycles. The van der Waals surface area contributed by atoms with E-state index in [4.69, 9.17) is 15.9 Å². The number of nitrogens with one attached hydrogen (secondary N) is 1. The fourth-order valence-electron chi connectivity index (χ4n) is 2.91. The molecule has 1 unspecified atom stereocenters. The van der Waals surface area contributed by atoms with E-state index in [1.165, 1.54) is 12.8 Å². The number of likely N-dealkylation sites (tertiary alicyclic amines) is 1. The molecule has 3 N–H and O–H groups in total. The summed E-state index contributed by atoms with van der Waals surface area (Å²) in [5, 5.41) is 7.58. The molecule has 1 saturated heterocycles. The summed E-state index contributed by atoms with van der Waals surface area (Å²) in [6.45, 7) is 3.02. The van der Waals surface area contributed by atoms with Crippen molar-refractivity contribution in [1.82, 2.24) is 9.80 Å². The van der Waals surface area contributed by atoms with Crippen LogP contribution in [0.25, 0.3) is 0 Å². The molecule has 0 aliphatic carbocycles. The lowest BCUT2D eigenvalue weighted by atomic mass is 10.0. The number of nitrogens with zero attached hydrogens (tertiary/aromatic N) is 2. The van der Waals surface area contributed by atoms with Gasteiger partial charge in [-0.2, -0.15) is 0 Å². The first-order valence-electron chi connectivity index (χ1n) is 7.41. The number of likely N-dealkylation sites (N-methyl/N-ethyl adjacent to an activating group) is 1. The van der Waals surface area contributed by atoms with Crippen molar-refractivity contribution in [3.8, 4) is 5.75 Å². The van der Waals surface area contributed by atoms with Crippen LogP contribution in [-0.4, -0.2) is 56.0 Å². The molecule has 5 nitrogen and oxygen atoms in total. The van der Waals surface area contributed by atoms with Crippen LogP contribution in [0.3, 0.4) is 0 Å². The molecule has 116 valence electrons. The van der Waals surface area contributed by atoms with E-state index in [1.54, 1.807) is 7.11 Å². The number of nitrogen functional groups attached to an aromatic ring is 1. The van der Waals surface area contributed by atoms with Crippen molar-refractivity contribution in [2.45, 2.75) is 25.4 Å². The maximum atomic E-state index is 7.58. The van der Waals surface area contributed by atoms with E-state index in [1.807, 2.05) is 18.2 Å². The average Bonchev–Trinajstić information content (AvgIpc) is 2.47. The van der Waals surface area contributed by atoms with Gasteiger partial charge >= 0.3 is 0 Å². The Bertz CT molecular complexity index is 501. The molecule has 0 amide bonds. The molecule has 1 fully saturated rings. The Morgan fingerprint density at radius 2 is 2.24 bits per heavy atom. The van der Waals surface area contributed by atoms with E-state index in [0.29, 0.717) is 6.04 Å². The van der Waals surface area contributed by atoms with Crippen LogP contribution in [0.5, 0.6) is 5.75 Å². The topological polar surface area (TPSA) is 65.6 Å². The summed E-state index contributed by atoms with van der Waals surface area (Å²) < 4.78 is 5.45. The maximum absolute atomic E-state index is 7.58. The van der Waals surface area contributed by atoms with Crippen molar-refractivity contribution in [3.05, 3.63) is 29.3 Å². The van der Waals surface area contributed by atoms with Crippen LogP contribution in [0.1, 0.15) is 24.0 Å². The van der Waals surface area contributed by atoms with Gasteiger partial charge in [0.2, 0.25) is 0 Å². The Labute approximate surface area is 127 Å². The minimum atomic E-state index is 0.101. The highest BCUT2D eigenvalue weighted by Gasteiger charge is 2.22. The zero-order valence-corrected chi connectivity index (χ0v) is 13.2. The quantitative estimate of drug-likeness (QED) is 0.637. The first-order valence-corrected chi connectivity index (χ1v) is 7.41. The molecule has 5 heteroatoms. The molecule has 2 rings (SSSR count). The normalized spacial score (nSPS) is 19.7. The molecule has 0 saturated carbocycles. The number of methoxy groups -OCH3 is 1. The highest BCUT2D eigenvalue weighted by atomic mass is 16.5. The van der Waals surface area contributed by atoms with Crippen molar-refractivity contribution in [1.29, 1.82) is 5.41 Å². The Morgan fingerprint density at radius 3 is 2.86 bits per heavy atom. The van der Waals surface area contributed by atoms with E-state index in [-0.39, 0.29) is 5.84 Å². The molecule has 1 heterocycles. The zero-order chi connectivity index (χ0) is 15.4. The van der Waals surface area contributed by atoms with E-state index >= 15 is 0 Å². The van der Waals surface area contributed by atoms with Gasteiger partial charge in [-0.3, -0.25) is 10.3 Å². The number of hydrogen-bond acceptors (Lipinski definition) is 4. The molecular formula is C16H26N4O. The number of rotatable bonds is 5. The number of amidine groups is 1. The summed E-state index contributed by atoms with van der Waals surface area (Å²) in [5.41, 5.74) is 7.45. The van der Waals surface area contributed by atoms with Crippen molar-refractivity contribution in [2.24, 2.45) is 5.73 Å². The van der Waals surface area contributed by atoms with Crippen molar-refractivity contribution >= 4 is 5.84 Å². The van der Waals surface area contributed by atoms with E-state index in [2.05, 4.69) is 23.9 Å². The fourth-order valence-corrected chi connectivity index (χ4v) is 2.91. The highest BCUT2D eigenvalue weighted by Crippen LogP contribution is 2.24. The lowest BCUT2D eigenvalue weighted by Crippen LogP contribution is -2.44. The first-order chi connectivity index (χ1) is 10.0. The van der Waals surface area contributed by atoms with Gasteiger partial charge in [0.1, 0.15) is 11.6 Å². The molecule has 21 heavy (non-hydrogen) atoms. The molecular weight excluding hydrogens is 264 g/mol. The molecule has 1 aromatic carbocycles. The van der Waals surface area contributed by atoms with Gasteiger partial charge in [-0.05, 0) is 51.7 Å². The van der Waals surface area contributed by atoms with Crippen molar-refractivity contribution in [3.63, 3.8) is 0 Å². The first kappa shape index (κ1) is 15.8. The highest BCUT2D eigenvalue weighted by molar-refractivity contribution is 5.95. The third-order valence-electron chi connectivity index (χ3n) is 4.20. The Kier molecular flexibility index (Phi) is 5.20. The average molecular weight is 290 g/mol. The van der Waals surface area contributed by atoms with E-state index in [9.17, 15) is 0 Å². The molecule has 1 aliphatic rings. The summed E-state index contributed by atoms with van der Waals surface area (Å²) in [5.74, 6) is 0.968. The number of piperidine rings is 1. The third kappa shape index (κ3) is 3.95. The predicted molar refractivity (Wildman–Crippen MR) is 86.0 cm³/mol. The van der Waals surface area contributed by atoms with Gasteiger partial charge < -0.3 is 15.4 Å². The Balaban J connectivity index is 2.14. The molecule has 0 spiro atoms. The number of hydrogen-bond donors (Lipinski definition) is 2. The summed E-state index contributed by atoms with van der Waals surface area (Å²) in [7, 11) is 5.97. The number of benzene rings is 1. The smallest absolute Gasteiger partial charge is 0.123 e. The van der Waals surface area contributed by atoms with Gasteiger partial charge in [-0.15, -0.1) is 0 Å². The lowest BCUT2D eigenvalue weighted by molar-refractivity contribution is 0.127. The van der Waals surface area contributed by atoms with Gasteiger partial charge in [-0.1, -0.05) is 0 Å². The molecule has 1 atom stereocenters. The standard InChI is InChI=1S/C16H26N4O/c1-19(2)14-5-4-8-20(11-14)10-13-9-12(16(17)18)6-7-15(13)21-3/h6-7,9,14H,4-5,8,10-11H2,1-3H3,(H3,17,18). The minimum absolute atomic E-state index is 0.101. The van der Waals surface area contributed by atoms with Crippen LogP contribution in [0.2, 0.25) is 0 Å². The monoisotopic (exact) mass is 290 g/mol. The van der Waals surface area contributed by atoms with Crippen molar-refractivity contribution in [2.75, 3.05) is 34.3 Å². The largest absolute Gasteiger partial charge is 0.496 e. The predicted octanol–water partition coefficient (Wildman–Crippen LogP) is 1.51. The summed E-state index contributed by atoms with van der Waals surface area (Å²) in [6, 6.07) is 6.32. The van der Waals surface area contributed by atoms with E-state index < -0.39 is 0 Å². The second kappa shape index (κ2) is 6.91. The van der Waals surface area contributed by atoms with E-state index in [0.717, 1.165) is 36.5 Å². The zero-order valence-electron chi connectivity index (χ0n) is 13.2. The lowest BCUT2D eigenvalue weighted by Gasteiger charge is -2.36. The summed E-state index contributed by atoms with van der Waals surface area (Å²) >= 11 is 0. The molecule has 0 bridgehead atoms. The van der Waals surface area contributed by atoms with Crippen LogP contribution < -0.4 is 10.5 Å². The minimum Gasteiger partial charge on any atom is -0.496 e. The Morgan fingerprint density at radius 1 is 1.48 bits per heavy atom. The second-order valence-electron chi connectivity index (χ2n) is 5.94. The van der Waals surface area contributed by atoms with Crippen LogP contribution in [-0.2, 0) is 6.54 Å². The Hall–Kier alpha value is -1.59. The molecule has 1 aromatic rings. The van der Waals surface area contributed by atoms with Crippen LogP contribution in [0.4, 0.5) is 0 Å². The van der Waals surface area contributed by atoms with Gasteiger partial charge in [0, 0.05) is 30.3 Å². The van der Waals surface area contributed by atoms with Crippen LogP contribution in [0.15, 0.2) is 18.2 Å². The number of nitrogens with two attached hydrogens (primary N) is 1. The molecule has 0 radical (unpaired) electrons. The van der Waals surface area contributed by atoms with Crippen molar-refractivity contribution < 1.29 is 4.74 Å². The van der Waals surface area contributed by atoms with Gasteiger partial charge in [0.05, 0.1) is 7.11 Å². The van der Waals surface area contributed by atoms with Crippen LogP contribution in [0, 0.1) is 5.41 Å². The SMILES string of the molecule is COc1ccc(C(=N)N)cc1CN1CCCC(N(C)C)C1. The van der Waals surface area contributed by atoms with Gasteiger partial charge in [0.25, 0.3) is 0 Å². The maximum Gasteiger partial charge on any atom is 0.123 e. The van der Waals surface area contributed by atoms with Gasteiger partial charge in [0.15, 0.2) is 0 Å². The third-order valence-corrected chi connectivity index (χ3v) is 4.20. The van der Waals surface area contributed by atoms with Gasteiger partial charge in [-0.25, -0.2) is 0 Å².